The lowest BCUT2D eigenvalue weighted by Crippen LogP contribution is -2.06. The highest BCUT2D eigenvalue weighted by Crippen LogP contribution is 2.13. The predicted molar refractivity (Wildman–Crippen MR) is 72.3 cm³/mol. The SMILES string of the molecule is C=C(C)C(O)CC/C(C)=C/C=C(\C#N)C(C)C. The number of rotatable bonds is 6. The van der Waals surface area contributed by atoms with Crippen LogP contribution in [0.4, 0.5) is 0 Å². The minimum Gasteiger partial charge on any atom is -0.389 e. The van der Waals surface area contributed by atoms with Gasteiger partial charge in [-0.1, -0.05) is 37.6 Å². The first kappa shape index (κ1) is 15.7. The van der Waals surface area contributed by atoms with Crippen molar-refractivity contribution in [1.29, 1.82) is 5.26 Å². The zero-order valence-electron chi connectivity index (χ0n) is 11.3. The lowest BCUT2D eigenvalue weighted by molar-refractivity contribution is 0.201. The van der Waals surface area contributed by atoms with Crippen molar-refractivity contribution in [2.24, 2.45) is 5.92 Å². The second kappa shape index (κ2) is 7.86. The van der Waals surface area contributed by atoms with Gasteiger partial charge in [-0.25, -0.2) is 0 Å². The molecule has 0 aromatic rings. The van der Waals surface area contributed by atoms with Gasteiger partial charge in [0.15, 0.2) is 0 Å². The molecule has 1 N–H and O–H groups in total. The normalized spacial score (nSPS) is 14.6. The Morgan fingerprint density at radius 2 is 1.94 bits per heavy atom. The van der Waals surface area contributed by atoms with E-state index in [9.17, 15) is 5.11 Å². The minimum absolute atomic E-state index is 0.255. The van der Waals surface area contributed by atoms with Crippen LogP contribution in [0.5, 0.6) is 0 Å². The van der Waals surface area contributed by atoms with Gasteiger partial charge in [0.1, 0.15) is 0 Å². The largest absolute Gasteiger partial charge is 0.389 e. The third-order valence-corrected chi connectivity index (χ3v) is 2.68. The molecule has 0 saturated carbocycles. The van der Waals surface area contributed by atoms with Crippen LogP contribution in [0, 0.1) is 17.2 Å². The number of hydrogen-bond acceptors (Lipinski definition) is 2. The fraction of sp³-hybridized carbons (Fsp3) is 0.533. The maximum atomic E-state index is 9.59. The Kier molecular flexibility index (Phi) is 7.25. The molecule has 0 spiro atoms. The standard InChI is InChI=1S/C15H23NO/c1-11(2)14(10-16)8-6-13(5)7-9-15(17)12(3)4/h6,8,11,15,17H,3,7,9H2,1-2,4-5H3/b13-6+,14-8+. The third-order valence-electron chi connectivity index (χ3n) is 2.68. The molecule has 0 radical (unpaired) electrons. The summed E-state index contributed by atoms with van der Waals surface area (Å²) in [5.74, 6) is 0.255. The second-order valence-corrected chi connectivity index (χ2v) is 4.80. The van der Waals surface area contributed by atoms with Crippen molar-refractivity contribution in [2.75, 3.05) is 0 Å². The van der Waals surface area contributed by atoms with Gasteiger partial charge in [0, 0.05) is 5.57 Å². The van der Waals surface area contributed by atoms with Crippen molar-refractivity contribution in [2.45, 2.75) is 46.6 Å². The molecule has 2 nitrogen and oxygen atoms in total. The fourth-order valence-corrected chi connectivity index (χ4v) is 1.28. The first-order valence-electron chi connectivity index (χ1n) is 5.99. The molecule has 17 heavy (non-hydrogen) atoms. The summed E-state index contributed by atoms with van der Waals surface area (Å²) in [5, 5.41) is 18.5. The van der Waals surface area contributed by atoms with Crippen molar-refractivity contribution in [1.82, 2.24) is 0 Å². The maximum Gasteiger partial charge on any atom is 0.0949 e. The summed E-state index contributed by atoms with van der Waals surface area (Å²) in [4.78, 5) is 0. The Morgan fingerprint density at radius 3 is 2.35 bits per heavy atom. The molecule has 0 saturated heterocycles. The lowest BCUT2D eigenvalue weighted by Gasteiger charge is -2.09. The van der Waals surface area contributed by atoms with Gasteiger partial charge in [-0.2, -0.15) is 5.26 Å². The van der Waals surface area contributed by atoms with Crippen molar-refractivity contribution >= 4 is 0 Å². The van der Waals surface area contributed by atoms with Crippen LogP contribution in [0.1, 0.15) is 40.5 Å². The van der Waals surface area contributed by atoms with E-state index in [4.69, 9.17) is 5.26 Å². The topological polar surface area (TPSA) is 44.0 Å². The molecule has 1 unspecified atom stereocenters. The van der Waals surface area contributed by atoms with E-state index in [2.05, 4.69) is 12.6 Å². The lowest BCUT2D eigenvalue weighted by atomic mass is 10.0. The molecule has 94 valence electrons. The van der Waals surface area contributed by atoms with Crippen LogP contribution < -0.4 is 0 Å². The quantitative estimate of drug-likeness (QED) is 0.431. The fourth-order valence-electron chi connectivity index (χ4n) is 1.28. The molecule has 0 aliphatic carbocycles. The number of nitrogens with zero attached hydrogens (tertiary/aromatic N) is 1. The van der Waals surface area contributed by atoms with Crippen LogP contribution >= 0.6 is 0 Å². The molecule has 0 aromatic heterocycles. The number of hydrogen-bond donors (Lipinski definition) is 1. The van der Waals surface area contributed by atoms with Crippen LogP contribution in [0.2, 0.25) is 0 Å². The highest BCUT2D eigenvalue weighted by Gasteiger charge is 2.04. The summed E-state index contributed by atoms with van der Waals surface area (Å²) >= 11 is 0. The van der Waals surface area contributed by atoms with Crippen molar-refractivity contribution in [3.63, 3.8) is 0 Å². The van der Waals surface area contributed by atoms with Gasteiger partial charge in [0.2, 0.25) is 0 Å². The summed E-state index contributed by atoms with van der Waals surface area (Å²) in [6.45, 7) is 11.6. The molecule has 0 bridgehead atoms. The summed E-state index contributed by atoms with van der Waals surface area (Å²) in [5.41, 5.74) is 2.75. The number of aliphatic hydroxyl groups is 1. The molecule has 0 aliphatic heterocycles. The number of nitriles is 1. The van der Waals surface area contributed by atoms with Gasteiger partial charge in [-0.05, 0) is 38.7 Å². The van der Waals surface area contributed by atoms with E-state index in [-0.39, 0.29) is 5.92 Å². The first-order chi connectivity index (χ1) is 7.88. The highest BCUT2D eigenvalue weighted by molar-refractivity contribution is 5.28. The molecule has 0 heterocycles. The zero-order valence-corrected chi connectivity index (χ0v) is 11.3. The summed E-state index contributed by atoms with van der Waals surface area (Å²) < 4.78 is 0. The average Bonchev–Trinajstić information content (AvgIpc) is 2.25. The van der Waals surface area contributed by atoms with E-state index >= 15 is 0 Å². The molecule has 0 fully saturated rings. The third kappa shape index (κ3) is 6.76. The van der Waals surface area contributed by atoms with Crippen molar-refractivity contribution < 1.29 is 5.11 Å². The molecule has 2 heteroatoms. The van der Waals surface area contributed by atoms with Gasteiger partial charge in [-0.3, -0.25) is 0 Å². The second-order valence-electron chi connectivity index (χ2n) is 4.80. The van der Waals surface area contributed by atoms with Gasteiger partial charge in [-0.15, -0.1) is 0 Å². The van der Waals surface area contributed by atoms with Crippen LogP contribution in [-0.4, -0.2) is 11.2 Å². The highest BCUT2D eigenvalue weighted by atomic mass is 16.3. The number of allylic oxidation sites excluding steroid dienone is 4. The first-order valence-corrected chi connectivity index (χ1v) is 5.99. The van der Waals surface area contributed by atoms with E-state index in [1.165, 1.54) is 5.57 Å². The molecule has 1 atom stereocenters. The Balaban J connectivity index is 4.38. The van der Waals surface area contributed by atoms with Crippen LogP contribution in [0.15, 0.2) is 35.5 Å². The Hall–Kier alpha value is -1.33. The molecular weight excluding hydrogens is 210 g/mol. The van der Waals surface area contributed by atoms with E-state index in [1.807, 2.05) is 39.8 Å². The van der Waals surface area contributed by atoms with Crippen LogP contribution in [-0.2, 0) is 0 Å². The van der Waals surface area contributed by atoms with Crippen LogP contribution in [0.3, 0.4) is 0 Å². The minimum atomic E-state index is -0.428. The van der Waals surface area contributed by atoms with Crippen LogP contribution in [0.25, 0.3) is 0 Å². The van der Waals surface area contributed by atoms with Gasteiger partial charge >= 0.3 is 0 Å². The van der Waals surface area contributed by atoms with Crippen molar-refractivity contribution in [3.05, 3.63) is 35.5 Å². The average molecular weight is 233 g/mol. The van der Waals surface area contributed by atoms with Gasteiger partial charge in [0.05, 0.1) is 12.2 Å². The Bertz CT molecular complexity index is 356. The summed E-state index contributed by atoms with van der Waals surface area (Å²) in [6.07, 6.45) is 4.91. The Labute approximate surface area is 105 Å². The Morgan fingerprint density at radius 1 is 1.35 bits per heavy atom. The molecular formula is C15H23NO. The molecule has 0 aliphatic rings. The number of aliphatic hydroxyl groups excluding tert-OH is 1. The van der Waals surface area contributed by atoms with E-state index in [0.717, 1.165) is 17.6 Å². The molecule has 0 aromatic carbocycles. The van der Waals surface area contributed by atoms with E-state index in [1.54, 1.807) is 0 Å². The van der Waals surface area contributed by atoms with Crippen molar-refractivity contribution in [3.8, 4) is 6.07 Å². The summed E-state index contributed by atoms with van der Waals surface area (Å²) in [7, 11) is 0. The zero-order chi connectivity index (χ0) is 13.4. The van der Waals surface area contributed by atoms with Gasteiger partial charge in [0.25, 0.3) is 0 Å². The molecule has 0 amide bonds. The van der Waals surface area contributed by atoms with E-state index < -0.39 is 6.10 Å². The summed E-state index contributed by atoms with van der Waals surface area (Å²) in [6, 6.07) is 2.19. The maximum absolute atomic E-state index is 9.59. The molecule has 0 rings (SSSR count). The predicted octanol–water partition coefficient (Wildman–Crippen LogP) is 3.76. The van der Waals surface area contributed by atoms with E-state index in [0.29, 0.717) is 6.42 Å². The smallest absolute Gasteiger partial charge is 0.0949 e. The van der Waals surface area contributed by atoms with Gasteiger partial charge < -0.3 is 5.11 Å². The monoisotopic (exact) mass is 233 g/mol.